The van der Waals surface area contributed by atoms with E-state index in [1.165, 1.54) is 24.8 Å². The van der Waals surface area contributed by atoms with E-state index in [2.05, 4.69) is 13.0 Å². The van der Waals surface area contributed by atoms with Gasteiger partial charge in [-0.05, 0) is 44.0 Å². The summed E-state index contributed by atoms with van der Waals surface area (Å²) in [5, 5.41) is 0. The van der Waals surface area contributed by atoms with Crippen molar-refractivity contribution < 1.29 is 9.47 Å². The molecule has 0 spiro atoms. The van der Waals surface area contributed by atoms with Gasteiger partial charge >= 0.3 is 0 Å². The van der Waals surface area contributed by atoms with Gasteiger partial charge in [-0.25, -0.2) is 0 Å². The summed E-state index contributed by atoms with van der Waals surface area (Å²) in [7, 11) is 0. The molecule has 0 saturated carbocycles. The van der Waals surface area contributed by atoms with E-state index >= 15 is 0 Å². The lowest BCUT2D eigenvalue weighted by Gasteiger charge is -2.13. The molecular weight excluding hydrogens is 238 g/mol. The molecule has 1 aromatic carbocycles. The van der Waals surface area contributed by atoms with Crippen LogP contribution >= 0.6 is 0 Å². The topological polar surface area (TPSA) is 44.5 Å². The van der Waals surface area contributed by atoms with Gasteiger partial charge in [0.25, 0.3) is 0 Å². The lowest BCUT2D eigenvalue weighted by molar-refractivity contribution is 0.270. The fourth-order valence-corrected chi connectivity index (χ4v) is 1.97. The normalized spacial score (nSPS) is 10.5. The van der Waals surface area contributed by atoms with Gasteiger partial charge in [0, 0.05) is 0 Å². The van der Waals surface area contributed by atoms with Gasteiger partial charge in [0.15, 0.2) is 11.5 Å². The van der Waals surface area contributed by atoms with Crippen LogP contribution in [0.15, 0.2) is 18.2 Å². The summed E-state index contributed by atoms with van der Waals surface area (Å²) in [6.45, 7) is 6.27. The summed E-state index contributed by atoms with van der Waals surface area (Å²) in [6, 6.07) is 6.10. The zero-order valence-corrected chi connectivity index (χ0v) is 12.3. The van der Waals surface area contributed by atoms with Crippen LogP contribution < -0.4 is 15.2 Å². The van der Waals surface area contributed by atoms with Crippen LogP contribution in [0.25, 0.3) is 0 Å². The van der Waals surface area contributed by atoms with Gasteiger partial charge in [-0.15, -0.1) is 0 Å². The Morgan fingerprint density at radius 2 is 1.84 bits per heavy atom. The molecule has 0 heterocycles. The minimum atomic E-state index is 0.651. The summed E-state index contributed by atoms with van der Waals surface area (Å²) in [5.41, 5.74) is 6.78. The van der Waals surface area contributed by atoms with Gasteiger partial charge in [0.05, 0.1) is 13.2 Å². The summed E-state index contributed by atoms with van der Waals surface area (Å²) >= 11 is 0. The molecule has 108 valence electrons. The second-order valence-corrected chi connectivity index (χ2v) is 4.66. The Kier molecular flexibility index (Phi) is 8.07. The van der Waals surface area contributed by atoms with Gasteiger partial charge in [-0.1, -0.05) is 32.3 Å². The average molecular weight is 265 g/mol. The predicted octanol–water partition coefficient (Wildman–Crippen LogP) is 3.55. The van der Waals surface area contributed by atoms with Crippen molar-refractivity contribution in [3.05, 3.63) is 23.8 Å². The predicted molar refractivity (Wildman–Crippen MR) is 80.0 cm³/mol. The highest BCUT2D eigenvalue weighted by molar-refractivity contribution is 5.43. The van der Waals surface area contributed by atoms with Crippen LogP contribution in [-0.2, 0) is 6.42 Å². The Labute approximate surface area is 117 Å². The summed E-state index contributed by atoms with van der Waals surface area (Å²) in [6.07, 6.45) is 5.72. The fourth-order valence-electron chi connectivity index (χ4n) is 1.97. The molecule has 0 unspecified atom stereocenters. The SMILES string of the molecule is CCCCCCOc1ccc(CCN)cc1OCC. The van der Waals surface area contributed by atoms with Crippen molar-refractivity contribution in [1.82, 2.24) is 0 Å². The second kappa shape index (κ2) is 9.68. The molecule has 3 nitrogen and oxygen atoms in total. The van der Waals surface area contributed by atoms with Crippen LogP contribution in [0.4, 0.5) is 0 Å². The maximum absolute atomic E-state index is 5.81. The third-order valence-corrected chi connectivity index (χ3v) is 3.00. The molecule has 3 heteroatoms. The lowest BCUT2D eigenvalue weighted by Crippen LogP contribution is -2.05. The molecule has 0 saturated heterocycles. The molecular formula is C16H27NO2. The van der Waals surface area contributed by atoms with E-state index in [-0.39, 0.29) is 0 Å². The van der Waals surface area contributed by atoms with Gasteiger partial charge < -0.3 is 15.2 Å². The molecule has 0 aliphatic carbocycles. The van der Waals surface area contributed by atoms with Gasteiger partial charge in [-0.2, -0.15) is 0 Å². The Hall–Kier alpha value is -1.22. The van der Waals surface area contributed by atoms with E-state index in [9.17, 15) is 0 Å². The van der Waals surface area contributed by atoms with Crippen molar-refractivity contribution >= 4 is 0 Å². The van der Waals surface area contributed by atoms with Crippen molar-refractivity contribution in [2.24, 2.45) is 5.73 Å². The number of hydrogen-bond acceptors (Lipinski definition) is 3. The number of hydrogen-bond donors (Lipinski definition) is 1. The highest BCUT2D eigenvalue weighted by atomic mass is 16.5. The maximum Gasteiger partial charge on any atom is 0.161 e. The largest absolute Gasteiger partial charge is 0.490 e. The van der Waals surface area contributed by atoms with Crippen molar-refractivity contribution in [1.29, 1.82) is 0 Å². The van der Waals surface area contributed by atoms with Crippen molar-refractivity contribution in [3.8, 4) is 11.5 Å². The van der Waals surface area contributed by atoms with Crippen LogP contribution in [0.1, 0.15) is 45.1 Å². The van der Waals surface area contributed by atoms with Crippen LogP contribution in [-0.4, -0.2) is 19.8 Å². The van der Waals surface area contributed by atoms with E-state index in [1.54, 1.807) is 0 Å². The fraction of sp³-hybridized carbons (Fsp3) is 0.625. The Bertz CT molecular complexity index is 353. The van der Waals surface area contributed by atoms with E-state index in [0.717, 1.165) is 30.9 Å². The first-order valence-electron chi connectivity index (χ1n) is 7.40. The molecule has 1 aromatic rings. The Balaban J connectivity index is 2.54. The van der Waals surface area contributed by atoms with E-state index in [0.29, 0.717) is 13.2 Å². The Morgan fingerprint density at radius 1 is 1.00 bits per heavy atom. The van der Waals surface area contributed by atoms with Crippen molar-refractivity contribution in [2.45, 2.75) is 46.0 Å². The van der Waals surface area contributed by atoms with Gasteiger partial charge in [-0.3, -0.25) is 0 Å². The maximum atomic E-state index is 5.81. The molecule has 1 rings (SSSR count). The average Bonchev–Trinajstić information content (AvgIpc) is 2.41. The Morgan fingerprint density at radius 3 is 2.53 bits per heavy atom. The highest BCUT2D eigenvalue weighted by Crippen LogP contribution is 2.28. The van der Waals surface area contributed by atoms with Crippen LogP contribution in [0.5, 0.6) is 11.5 Å². The number of nitrogens with two attached hydrogens (primary N) is 1. The number of unbranched alkanes of at least 4 members (excludes halogenated alkanes) is 3. The van der Waals surface area contributed by atoms with Crippen LogP contribution in [0.2, 0.25) is 0 Å². The first kappa shape index (κ1) is 15.8. The van der Waals surface area contributed by atoms with E-state index in [4.69, 9.17) is 15.2 Å². The summed E-state index contributed by atoms with van der Waals surface area (Å²) in [4.78, 5) is 0. The third kappa shape index (κ3) is 5.97. The molecule has 0 fully saturated rings. The molecule has 0 amide bonds. The highest BCUT2D eigenvalue weighted by Gasteiger charge is 2.06. The minimum absolute atomic E-state index is 0.651. The first-order valence-corrected chi connectivity index (χ1v) is 7.40. The molecule has 2 N–H and O–H groups in total. The molecule has 19 heavy (non-hydrogen) atoms. The lowest BCUT2D eigenvalue weighted by atomic mass is 10.1. The standard InChI is InChI=1S/C16H27NO2/c1-3-5-6-7-12-19-15-9-8-14(10-11-17)13-16(15)18-4-2/h8-9,13H,3-7,10-12,17H2,1-2H3. The van der Waals surface area contributed by atoms with Gasteiger partial charge in [0.2, 0.25) is 0 Å². The smallest absolute Gasteiger partial charge is 0.161 e. The summed E-state index contributed by atoms with van der Waals surface area (Å²) in [5.74, 6) is 1.68. The third-order valence-electron chi connectivity index (χ3n) is 3.00. The molecule has 0 aliphatic rings. The first-order chi connectivity index (χ1) is 9.31. The number of rotatable bonds is 10. The second-order valence-electron chi connectivity index (χ2n) is 4.66. The van der Waals surface area contributed by atoms with Crippen molar-refractivity contribution in [3.63, 3.8) is 0 Å². The molecule has 0 atom stereocenters. The summed E-state index contributed by atoms with van der Waals surface area (Å²) < 4.78 is 11.4. The zero-order chi connectivity index (χ0) is 13.9. The van der Waals surface area contributed by atoms with E-state index < -0.39 is 0 Å². The molecule has 0 radical (unpaired) electrons. The van der Waals surface area contributed by atoms with Crippen LogP contribution in [0, 0.1) is 0 Å². The minimum Gasteiger partial charge on any atom is -0.490 e. The quantitative estimate of drug-likeness (QED) is 0.658. The van der Waals surface area contributed by atoms with Crippen LogP contribution in [0.3, 0.4) is 0 Å². The zero-order valence-electron chi connectivity index (χ0n) is 12.3. The molecule has 0 aromatic heterocycles. The van der Waals surface area contributed by atoms with E-state index in [1.807, 2.05) is 19.1 Å². The molecule has 0 aliphatic heterocycles. The monoisotopic (exact) mass is 265 g/mol. The molecule has 0 bridgehead atoms. The van der Waals surface area contributed by atoms with Crippen molar-refractivity contribution in [2.75, 3.05) is 19.8 Å². The number of ether oxygens (including phenoxy) is 2. The van der Waals surface area contributed by atoms with Gasteiger partial charge in [0.1, 0.15) is 0 Å². The number of benzene rings is 1.